The normalized spacial score (nSPS) is 12.7. The van der Waals surface area contributed by atoms with Gasteiger partial charge in [0.05, 0.1) is 6.04 Å². The van der Waals surface area contributed by atoms with Crippen molar-refractivity contribution < 1.29 is 4.79 Å². The maximum atomic E-state index is 12.1. The summed E-state index contributed by atoms with van der Waals surface area (Å²) in [5.74, 6) is 0.700. The van der Waals surface area contributed by atoms with Gasteiger partial charge in [0, 0.05) is 19.6 Å². The maximum absolute atomic E-state index is 12.1. The number of rotatable bonds is 8. The van der Waals surface area contributed by atoms with Gasteiger partial charge in [-0.1, -0.05) is 38.1 Å². The molecule has 118 valence electrons. The molecule has 21 heavy (non-hydrogen) atoms. The molecule has 0 aliphatic rings. The number of nitrogens with one attached hydrogen (secondary N) is 1. The molecule has 4 heteroatoms. The van der Waals surface area contributed by atoms with Crippen LogP contribution >= 0.6 is 0 Å². The van der Waals surface area contributed by atoms with E-state index in [4.69, 9.17) is 5.73 Å². The van der Waals surface area contributed by atoms with Gasteiger partial charge in [0.2, 0.25) is 5.91 Å². The molecule has 1 amide bonds. The van der Waals surface area contributed by atoms with Gasteiger partial charge < -0.3 is 11.1 Å². The van der Waals surface area contributed by atoms with Crippen LogP contribution in [-0.4, -0.2) is 30.4 Å². The van der Waals surface area contributed by atoms with Crippen LogP contribution in [0.4, 0.5) is 0 Å². The van der Waals surface area contributed by atoms with Crippen molar-refractivity contribution in [2.24, 2.45) is 11.7 Å². The highest BCUT2D eigenvalue weighted by Crippen LogP contribution is 2.09. The van der Waals surface area contributed by atoms with Crippen molar-refractivity contribution in [2.45, 2.75) is 46.3 Å². The largest absolute Gasteiger partial charge is 0.355 e. The Morgan fingerprint density at radius 1 is 1.29 bits per heavy atom. The van der Waals surface area contributed by atoms with Gasteiger partial charge in [-0.15, -0.1) is 0 Å². The van der Waals surface area contributed by atoms with E-state index in [-0.39, 0.29) is 11.9 Å². The summed E-state index contributed by atoms with van der Waals surface area (Å²) in [5.41, 5.74) is 7.96. The molecule has 0 saturated heterocycles. The second kappa shape index (κ2) is 8.80. The minimum Gasteiger partial charge on any atom is -0.355 e. The Morgan fingerprint density at radius 3 is 2.57 bits per heavy atom. The van der Waals surface area contributed by atoms with Crippen LogP contribution in [0.3, 0.4) is 0 Å². The van der Waals surface area contributed by atoms with Crippen LogP contribution in [0.2, 0.25) is 0 Å². The molecule has 0 bridgehead atoms. The van der Waals surface area contributed by atoms with Crippen molar-refractivity contribution in [3.8, 4) is 0 Å². The average Bonchev–Trinajstić information content (AvgIpc) is 2.46. The molecule has 3 N–H and O–H groups in total. The Bertz CT molecular complexity index is 445. The van der Waals surface area contributed by atoms with Crippen LogP contribution in [0, 0.1) is 5.92 Å². The van der Waals surface area contributed by atoms with Crippen molar-refractivity contribution in [1.82, 2.24) is 10.2 Å². The van der Waals surface area contributed by atoms with Crippen LogP contribution in [-0.2, 0) is 17.9 Å². The fraction of sp³-hybridized carbons (Fsp3) is 0.588. The Kier molecular flexibility index (Phi) is 7.40. The summed E-state index contributed by atoms with van der Waals surface area (Å²) in [7, 11) is 1.97. The smallest absolute Gasteiger partial charge is 0.237 e. The third-order valence-corrected chi connectivity index (χ3v) is 3.72. The number of carbonyl (C=O) groups excluding carboxylic acids is 1. The highest BCUT2D eigenvalue weighted by Gasteiger charge is 2.17. The van der Waals surface area contributed by atoms with Crippen LogP contribution in [0.5, 0.6) is 0 Å². The van der Waals surface area contributed by atoms with Crippen molar-refractivity contribution in [3.05, 3.63) is 35.4 Å². The Hall–Kier alpha value is -1.39. The molecule has 0 aromatic heterocycles. The zero-order chi connectivity index (χ0) is 15.8. The molecule has 1 atom stereocenters. The summed E-state index contributed by atoms with van der Waals surface area (Å²) in [5, 5.41) is 3.00. The predicted molar refractivity (Wildman–Crippen MR) is 87.7 cm³/mol. The Labute approximate surface area is 128 Å². The lowest BCUT2D eigenvalue weighted by atomic mass is 10.1. The molecule has 0 fully saturated rings. The highest BCUT2D eigenvalue weighted by molar-refractivity contribution is 5.81. The summed E-state index contributed by atoms with van der Waals surface area (Å²) in [6.45, 7) is 8.29. The molecule has 1 aromatic carbocycles. The number of hydrogen-bond donors (Lipinski definition) is 2. The minimum atomic E-state index is -0.140. The number of nitrogens with two attached hydrogens (primary N) is 1. The molecular formula is C17H29N3O. The predicted octanol–water partition coefficient (Wildman–Crippen LogP) is 2.13. The monoisotopic (exact) mass is 291 g/mol. The van der Waals surface area contributed by atoms with Crippen molar-refractivity contribution in [3.63, 3.8) is 0 Å². The lowest BCUT2D eigenvalue weighted by Crippen LogP contribution is -2.43. The first-order chi connectivity index (χ1) is 9.93. The molecule has 1 aromatic rings. The molecule has 0 radical (unpaired) electrons. The van der Waals surface area contributed by atoms with Gasteiger partial charge in [0.25, 0.3) is 0 Å². The van der Waals surface area contributed by atoms with E-state index < -0.39 is 0 Å². The fourth-order valence-corrected chi connectivity index (χ4v) is 2.11. The first kappa shape index (κ1) is 17.7. The molecule has 0 aliphatic carbocycles. The lowest BCUT2D eigenvalue weighted by molar-refractivity contribution is -0.125. The lowest BCUT2D eigenvalue weighted by Gasteiger charge is -2.24. The summed E-state index contributed by atoms with van der Waals surface area (Å²) < 4.78 is 0. The van der Waals surface area contributed by atoms with Crippen molar-refractivity contribution in [1.29, 1.82) is 0 Å². The Morgan fingerprint density at radius 2 is 1.95 bits per heavy atom. The van der Waals surface area contributed by atoms with Gasteiger partial charge in [0.1, 0.15) is 0 Å². The molecule has 0 aliphatic heterocycles. The van der Waals surface area contributed by atoms with Gasteiger partial charge in [0.15, 0.2) is 0 Å². The fourth-order valence-electron chi connectivity index (χ4n) is 2.11. The number of hydrogen-bond acceptors (Lipinski definition) is 3. The SMILES string of the molecule is CC(C)CCNC(=O)C(C)N(C)Cc1cccc(CN)c1. The Balaban J connectivity index is 2.49. The summed E-state index contributed by atoms with van der Waals surface area (Å²) in [4.78, 5) is 14.2. The van der Waals surface area contributed by atoms with Gasteiger partial charge in [-0.2, -0.15) is 0 Å². The number of likely N-dealkylation sites (N-methyl/N-ethyl adjacent to an activating group) is 1. The number of carbonyl (C=O) groups is 1. The van der Waals surface area contributed by atoms with Crippen LogP contribution in [0.15, 0.2) is 24.3 Å². The van der Waals surface area contributed by atoms with E-state index in [1.807, 2.05) is 26.1 Å². The second-order valence-electron chi connectivity index (χ2n) is 6.09. The molecule has 1 unspecified atom stereocenters. The summed E-state index contributed by atoms with van der Waals surface area (Å²) >= 11 is 0. The summed E-state index contributed by atoms with van der Waals surface area (Å²) in [6, 6.07) is 8.06. The molecular weight excluding hydrogens is 262 g/mol. The van der Waals surface area contributed by atoms with E-state index in [9.17, 15) is 4.79 Å². The zero-order valence-corrected chi connectivity index (χ0v) is 13.7. The average molecular weight is 291 g/mol. The van der Waals surface area contributed by atoms with Crippen molar-refractivity contribution >= 4 is 5.91 Å². The first-order valence-electron chi connectivity index (χ1n) is 7.70. The van der Waals surface area contributed by atoms with E-state index in [0.29, 0.717) is 12.5 Å². The van der Waals surface area contributed by atoms with Gasteiger partial charge in [-0.25, -0.2) is 0 Å². The van der Waals surface area contributed by atoms with Gasteiger partial charge in [-0.3, -0.25) is 9.69 Å². The molecule has 0 saturated carbocycles. The molecule has 0 heterocycles. The number of benzene rings is 1. The number of nitrogens with zero attached hydrogens (tertiary/aromatic N) is 1. The highest BCUT2D eigenvalue weighted by atomic mass is 16.2. The second-order valence-corrected chi connectivity index (χ2v) is 6.09. The molecule has 0 spiro atoms. The van der Waals surface area contributed by atoms with E-state index in [0.717, 1.165) is 25.1 Å². The summed E-state index contributed by atoms with van der Waals surface area (Å²) in [6.07, 6.45) is 1.01. The first-order valence-corrected chi connectivity index (χ1v) is 7.70. The topological polar surface area (TPSA) is 58.4 Å². The van der Waals surface area contributed by atoms with Crippen LogP contribution < -0.4 is 11.1 Å². The van der Waals surface area contributed by atoms with Gasteiger partial charge in [-0.05, 0) is 37.4 Å². The molecule has 4 nitrogen and oxygen atoms in total. The van der Waals surface area contributed by atoms with Crippen molar-refractivity contribution in [2.75, 3.05) is 13.6 Å². The molecule has 1 rings (SSSR count). The van der Waals surface area contributed by atoms with E-state index >= 15 is 0 Å². The minimum absolute atomic E-state index is 0.0909. The van der Waals surface area contributed by atoms with Crippen LogP contribution in [0.25, 0.3) is 0 Å². The van der Waals surface area contributed by atoms with E-state index in [1.165, 1.54) is 5.56 Å². The maximum Gasteiger partial charge on any atom is 0.237 e. The van der Waals surface area contributed by atoms with E-state index in [1.54, 1.807) is 0 Å². The third kappa shape index (κ3) is 6.27. The number of amides is 1. The van der Waals surface area contributed by atoms with Crippen LogP contribution in [0.1, 0.15) is 38.3 Å². The van der Waals surface area contributed by atoms with E-state index in [2.05, 4.69) is 36.2 Å². The van der Waals surface area contributed by atoms with Gasteiger partial charge >= 0.3 is 0 Å². The standard InChI is InChI=1S/C17H29N3O/c1-13(2)8-9-19-17(21)14(3)20(4)12-16-7-5-6-15(10-16)11-18/h5-7,10,13-14H,8-9,11-12,18H2,1-4H3,(H,19,21). The quantitative estimate of drug-likeness (QED) is 0.771. The zero-order valence-electron chi connectivity index (χ0n) is 13.7. The third-order valence-electron chi connectivity index (χ3n) is 3.72.